The minimum absolute atomic E-state index is 0.0841. The summed E-state index contributed by atoms with van der Waals surface area (Å²) >= 11 is 0. The molecule has 0 radical (unpaired) electrons. The van der Waals surface area contributed by atoms with Crippen LogP contribution in [0.15, 0.2) is 12.2 Å². The van der Waals surface area contributed by atoms with Gasteiger partial charge in [-0.1, -0.05) is 6.58 Å². The lowest BCUT2D eigenvalue weighted by molar-refractivity contribution is -0.184. The van der Waals surface area contributed by atoms with E-state index in [9.17, 15) is 0 Å². The Labute approximate surface area is 84.7 Å². The van der Waals surface area contributed by atoms with E-state index < -0.39 is 0 Å². The van der Waals surface area contributed by atoms with Gasteiger partial charge in [0.05, 0.1) is 19.8 Å². The summed E-state index contributed by atoms with van der Waals surface area (Å²) in [5.41, 5.74) is 0.920. The van der Waals surface area contributed by atoms with Crippen LogP contribution in [-0.2, 0) is 9.47 Å². The third-order valence-corrected chi connectivity index (χ3v) is 3.26. The Kier molecular flexibility index (Phi) is 2.91. The highest BCUT2D eigenvalue weighted by Gasteiger charge is 2.41. The van der Waals surface area contributed by atoms with Crippen molar-refractivity contribution in [2.45, 2.75) is 31.5 Å². The lowest BCUT2D eigenvalue weighted by Crippen LogP contribution is -2.37. The van der Waals surface area contributed by atoms with Crippen molar-refractivity contribution in [2.24, 2.45) is 5.92 Å². The molecule has 1 N–H and O–H groups in total. The molecule has 2 rings (SSSR count). The van der Waals surface area contributed by atoms with Crippen LogP contribution in [-0.4, -0.2) is 30.7 Å². The molecule has 1 aliphatic carbocycles. The summed E-state index contributed by atoms with van der Waals surface area (Å²) in [7, 11) is 0. The smallest absolute Gasteiger partial charge is 0.169 e. The highest BCUT2D eigenvalue weighted by Crippen LogP contribution is 2.40. The van der Waals surface area contributed by atoms with Crippen molar-refractivity contribution in [3.63, 3.8) is 0 Å². The average Bonchev–Trinajstić information content (AvgIpc) is 2.65. The molecule has 14 heavy (non-hydrogen) atoms. The molecule has 1 aliphatic heterocycles. The standard InChI is InChI=1S/C11H18O3/c1-9(8-12)10-3-2-4-11(7-10)13-5-6-14-11/h10,12H,1-8H2. The molecular formula is C11H18O3. The normalized spacial score (nSPS) is 30.8. The fourth-order valence-corrected chi connectivity index (χ4v) is 2.43. The van der Waals surface area contributed by atoms with E-state index in [1.165, 1.54) is 0 Å². The first-order valence-electron chi connectivity index (χ1n) is 5.32. The molecule has 0 bridgehead atoms. The van der Waals surface area contributed by atoms with Gasteiger partial charge >= 0.3 is 0 Å². The van der Waals surface area contributed by atoms with Gasteiger partial charge < -0.3 is 14.6 Å². The van der Waals surface area contributed by atoms with Crippen molar-refractivity contribution in [3.05, 3.63) is 12.2 Å². The summed E-state index contributed by atoms with van der Waals surface area (Å²) in [5, 5.41) is 9.04. The molecule has 0 aromatic heterocycles. The maximum absolute atomic E-state index is 9.04. The summed E-state index contributed by atoms with van der Waals surface area (Å²) in [5.74, 6) is 0.0212. The first-order valence-corrected chi connectivity index (χ1v) is 5.32. The van der Waals surface area contributed by atoms with Crippen LogP contribution in [0.5, 0.6) is 0 Å². The van der Waals surface area contributed by atoms with Gasteiger partial charge in [-0.25, -0.2) is 0 Å². The molecule has 1 saturated carbocycles. The molecule has 1 spiro atoms. The number of ether oxygens (including phenoxy) is 2. The molecule has 3 heteroatoms. The number of aliphatic hydroxyl groups excluding tert-OH is 1. The van der Waals surface area contributed by atoms with Gasteiger partial charge in [0.2, 0.25) is 0 Å². The molecule has 1 unspecified atom stereocenters. The molecule has 2 aliphatic rings. The number of hydrogen-bond acceptors (Lipinski definition) is 3. The fourth-order valence-electron chi connectivity index (χ4n) is 2.43. The van der Waals surface area contributed by atoms with Crippen LogP contribution in [0.1, 0.15) is 25.7 Å². The average molecular weight is 198 g/mol. The largest absolute Gasteiger partial charge is 0.392 e. The summed E-state index contributed by atoms with van der Waals surface area (Å²) in [6.07, 6.45) is 4.06. The predicted molar refractivity (Wildman–Crippen MR) is 52.8 cm³/mol. The van der Waals surface area contributed by atoms with Gasteiger partial charge in [0.25, 0.3) is 0 Å². The lowest BCUT2D eigenvalue weighted by atomic mass is 9.81. The van der Waals surface area contributed by atoms with Crippen molar-refractivity contribution < 1.29 is 14.6 Å². The van der Waals surface area contributed by atoms with Crippen LogP contribution in [0, 0.1) is 5.92 Å². The van der Waals surface area contributed by atoms with Crippen molar-refractivity contribution in [1.82, 2.24) is 0 Å². The molecule has 0 aromatic rings. The van der Waals surface area contributed by atoms with Crippen LogP contribution < -0.4 is 0 Å². The van der Waals surface area contributed by atoms with Crippen molar-refractivity contribution in [2.75, 3.05) is 19.8 Å². The Morgan fingerprint density at radius 3 is 2.79 bits per heavy atom. The van der Waals surface area contributed by atoms with Gasteiger partial charge in [-0.2, -0.15) is 0 Å². The number of rotatable bonds is 2. The summed E-state index contributed by atoms with van der Waals surface area (Å²) < 4.78 is 11.3. The maximum Gasteiger partial charge on any atom is 0.169 e. The van der Waals surface area contributed by atoms with E-state index in [-0.39, 0.29) is 12.4 Å². The van der Waals surface area contributed by atoms with Crippen LogP contribution >= 0.6 is 0 Å². The van der Waals surface area contributed by atoms with Crippen LogP contribution in [0.25, 0.3) is 0 Å². The van der Waals surface area contributed by atoms with Crippen LogP contribution in [0.2, 0.25) is 0 Å². The minimum atomic E-state index is -0.346. The molecular weight excluding hydrogens is 180 g/mol. The highest BCUT2D eigenvalue weighted by atomic mass is 16.7. The molecule has 1 saturated heterocycles. The second kappa shape index (κ2) is 4.01. The van der Waals surface area contributed by atoms with E-state index in [0.29, 0.717) is 19.1 Å². The monoisotopic (exact) mass is 198 g/mol. The van der Waals surface area contributed by atoms with Gasteiger partial charge in [0.1, 0.15) is 0 Å². The summed E-state index contributed by atoms with van der Waals surface area (Å²) in [4.78, 5) is 0. The highest BCUT2D eigenvalue weighted by molar-refractivity contribution is 5.04. The van der Waals surface area contributed by atoms with Crippen LogP contribution in [0.3, 0.4) is 0 Å². The fraction of sp³-hybridized carbons (Fsp3) is 0.818. The van der Waals surface area contributed by atoms with E-state index >= 15 is 0 Å². The molecule has 1 atom stereocenters. The van der Waals surface area contributed by atoms with Gasteiger partial charge in [0, 0.05) is 12.8 Å². The zero-order valence-corrected chi connectivity index (χ0v) is 8.50. The van der Waals surface area contributed by atoms with Crippen molar-refractivity contribution in [1.29, 1.82) is 0 Å². The zero-order chi connectivity index (χ0) is 10.0. The molecule has 0 aromatic carbocycles. The summed E-state index contributed by atoms with van der Waals surface area (Å²) in [6, 6.07) is 0. The number of hydrogen-bond donors (Lipinski definition) is 1. The Morgan fingerprint density at radius 2 is 2.14 bits per heavy atom. The molecule has 0 amide bonds. The molecule has 80 valence electrons. The Morgan fingerprint density at radius 1 is 1.43 bits per heavy atom. The first kappa shape index (κ1) is 10.1. The predicted octanol–water partition coefficient (Wildman–Crippen LogP) is 1.47. The topological polar surface area (TPSA) is 38.7 Å². The van der Waals surface area contributed by atoms with Gasteiger partial charge in [-0.3, -0.25) is 0 Å². The van der Waals surface area contributed by atoms with Gasteiger partial charge in [-0.05, 0) is 24.3 Å². The third-order valence-electron chi connectivity index (χ3n) is 3.26. The van der Waals surface area contributed by atoms with E-state index in [2.05, 4.69) is 6.58 Å². The second-order valence-electron chi connectivity index (χ2n) is 4.22. The molecule has 1 heterocycles. The lowest BCUT2D eigenvalue weighted by Gasteiger charge is -2.36. The quantitative estimate of drug-likeness (QED) is 0.683. The minimum Gasteiger partial charge on any atom is -0.392 e. The summed E-state index contributed by atoms with van der Waals surface area (Å²) in [6.45, 7) is 5.39. The maximum atomic E-state index is 9.04. The van der Waals surface area contributed by atoms with Gasteiger partial charge in [-0.15, -0.1) is 0 Å². The molecule has 2 fully saturated rings. The Bertz CT molecular complexity index is 219. The van der Waals surface area contributed by atoms with Gasteiger partial charge in [0.15, 0.2) is 5.79 Å². The van der Waals surface area contributed by atoms with E-state index in [1.807, 2.05) is 0 Å². The molecule has 3 nitrogen and oxygen atoms in total. The van der Waals surface area contributed by atoms with Crippen molar-refractivity contribution in [3.8, 4) is 0 Å². The third kappa shape index (κ3) is 1.85. The Hall–Kier alpha value is -0.380. The van der Waals surface area contributed by atoms with Crippen LogP contribution in [0.4, 0.5) is 0 Å². The van der Waals surface area contributed by atoms with Crippen molar-refractivity contribution >= 4 is 0 Å². The van der Waals surface area contributed by atoms with E-state index in [4.69, 9.17) is 14.6 Å². The Balaban J connectivity index is 1.99. The second-order valence-corrected chi connectivity index (χ2v) is 4.22. The van der Waals surface area contributed by atoms with E-state index in [1.54, 1.807) is 0 Å². The number of aliphatic hydroxyl groups is 1. The zero-order valence-electron chi connectivity index (χ0n) is 8.50. The first-order chi connectivity index (χ1) is 6.76. The van der Waals surface area contributed by atoms with E-state index in [0.717, 1.165) is 31.3 Å². The SMILES string of the molecule is C=C(CO)C1CCCC2(C1)OCCO2.